The fraction of sp³-hybridized carbons (Fsp3) is 0.727. The number of carbonyl (C=O) groups is 3. The van der Waals surface area contributed by atoms with Crippen LogP contribution in [-0.4, -0.2) is 41.6 Å². The van der Waals surface area contributed by atoms with Crippen molar-refractivity contribution in [2.75, 3.05) is 7.11 Å². The lowest BCUT2D eigenvalue weighted by Crippen LogP contribution is -2.55. The monoisotopic (exact) mass is 260 g/mol. The first-order valence-electron chi connectivity index (χ1n) is 5.64. The lowest BCUT2D eigenvalue weighted by molar-refractivity contribution is -0.144. The molecule has 0 aromatic rings. The summed E-state index contributed by atoms with van der Waals surface area (Å²) in [5.74, 6) is -2.29. The second-order valence-electron chi connectivity index (χ2n) is 4.25. The highest BCUT2D eigenvalue weighted by atomic mass is 16.5. The zero-order valence-electron chi connectivity index (χ0n) is 10.9. The molecule has 0 spiro atoms. The van der Waals surface area contributed by atoms with Crippen LogP contribution in [0.4, 0.5) is 0 Å². The van der Waals surface area contributed by atoms with Crippen LogP contribution in [0.1, 0.15) is 33.1 Å². The van der Waals surface area contributed by atoms with Crippen molar-refractivity contribution >= 4 is 17.8 Å². The quantitative estimate of drug-likeness (QED) is 0.538. The van der Waals surface area contributed by atoms with Gasteiger partial charge >= 0.3 is 11.9 Å². The molecule has 0 rings (SSSR count). The Morgan fingerprint density at radius 2 is 2.00 bits per heavy atom. The van der Waals surface area contributed by atoms with E-state index in [0.29, 0.717) is 6.42 Å². The van der Waals surface area contributed by atoms with Crippen LogP contribution < -0.4 is 11.1 Å². The van der Waals surface area contributed by atoms with Gasteiger partial charge in [-0.1, -0.05) is 6.92 Å². The van der Waals surface area contributed by atoms with Gasteiger partial charge in [-0.15, -0.1) is 0 Å². The summed E-state index contributed by atoms with van der Waals surface area (Å²) in [6.07, 6.45) is 0.261. The van der Waals surface area contributed by atoms with E-state index >= 15 is 0 Å². The van der Waals surface area contributed by atoms with Crippen molar-refractivity contribution in [3.63, 3.8) is 0 Å². The highest BCUT2D eigenvalue weighted by molar-refractivity contribution is 5.89. The Hall–Kier alpha value is -1.63. The maximum atomic E-state index is 11.7. The van der Waals surface area contributed by atoms with Gasteiger partial charge < -0.3 is 20.9 Å². The summed E-state index contributed by atoms with van der Waals surface area (Å²) in [6, 6.07) is -1.15. The molecule has 0 radical (unpaired) electrons. The number of hydrogen-bond acceptors (Lipinski definition) is 5. The largest absolute Gasteiger partial charge is 0.480 e. The fourth-order valence-electron chi connectivity index (χ4n) is 1.11. The molecule has 0 saturated heterocycles. The van der Waals surface area contributed by atoms with E-state index in [0.717, 1.165) is 0 Å². The first kappa shape index (κ1) is 16.4. The third kappa shape index (κ3) is 5.13. The van der Waals surface area contributed by atoms with Crippen molar-refractivity contribution in [1.82, 2.24) is 5.32 Å². The molecule has 104 valence electrons. The number of methoxy groups -OCH3 is 1. The summed E-state index contributed by atoms with van der Waals surface area (Å²) in [7, 11) is 1.21. The Balaban J connectivity index is 4.50. The van der Waals surface area contributed by atoms with Gasteiger partial charge in [0.1, 0.15) is 6.04 Å². The van der Waals surface area contributed by atoms with Crippen LogP contribution in [0.25, 0.3) is 0 Å². The number of esters is 1. The van der Waals surface area contributed by atoms with E-state index in [1.54, 1.807) is 6.92 Å². The zero-order chi connectivity index (χ0) is 14.3. The molecule has 0 aromatic carbocycles. The number of hydrogen-bond donors (Lipinski definition) is 3. The van der Waals surface area contributed by atoms with Crippen LogP contribution in [-0.2, 0) is 19.1 Å². The number of amides is 1. The van der Waals surface area contributed by atoms with Crippen molar-refractivity contribution in [3.8, 4) is 0 Å². The van der Waals surface area contributed by atoms with Gasteiger partial charge in [0.2, 0.25) is 5.91 Å². The molecule has 7 heteroatoms. The third-order valence-corrected chi connectivity index (χ3v) is 2.72. The molecular formula is C11H20N2O5. The highest BCUT2D eigenvalue weighted by Crippen LogP contribution is 2.07. The first-order valence-corrected chi connectivity index (χ1v) is 5.64. The minimum absolute atomic E-state index is 0.0342. The lowest BCUT2D eigenvalue weighted by atomic mass is 9.98. The topological polar surface area (TPSA) is 119 Å². The second-order valence-corrected chi connectivity index (χ2v) is 4.25. The van der Waals surface area contributed by atoms with E-state index in [2.05, 4.69) is 10.1 Å². The Morgan fingerprint density at radius 3 is 2.39 bits per heavy atom. The number of carboxylic acids is 1. The third-order valence-electron chi connectivity index (χ3n) is 2.72. The maximum absolute atomic E-state index is 11.7. The number of nitrogens with one attached hydrogen (secondary N) is 1. The molecule has 2 atom stereocenters. The van der Waals surface area contributed by atoms with Gasteiger partial charge in [-0.25, -0.2) is 4.79 Å². The fourth-order valence-corrected chi connectivity index (χ4v) is 1.11. The Morgan fingerprint density at radius 1 is 1.44 bits per heavy atom. The summed E-state index contributed by atoms with van der Waals surface area (Å²) in [5.41, 5.74) is 4.57. The van der Waals surface area contributed by atoms with E-state index < -0.39 is 29.4 Å². The van der Waals surface area contributed by atoms with Crippen LogP contribution in [0.5, 0.6) is 0 Å². The first-order chi connectivity index (χ1) is 8.24. The van der Waals surface area contributed by atoms with Crippen molar-refractivity contribution in [3.05, 3.63) is 0 Å². The van der Waals surface area contributed by atoms with Crippen LogP contribution in [0.3, 0.4) is 0 Å². The second kappa shape index (κ2) is 6.95. The summed E-state index contributed by atoms with van der Waals surface area (Å²) >= 11 is 0. The van der Waals surface area contributed by atoms with Gasteiger partial charge in [-0.05, 0) is 19.8 Å². The molecule has 0 aliphatic heterocycles. The smallest absolute Gasteiger partial charge is 0.326 e. The lowest BCUT2D eigenvalue weighted by Gasteiger charge is -2.24. The predicted molar refractivity (Wildman–Crippen MR) is 63.7 cm³/mol. The molecule has 0 saturated carbocycles. The normalized spacial score (nSPS) is 15.3. The number of ether oxygens (including phenoxy) is 1. The van der Waals surface area contributed by atoms with Crippen molar-refractivity contribution in [2.45, 2.75) is 44.7 Å². The van der Waals surface area contributed by atoms with Gasteiger partial charge in [0.15, 0.2) is 0 Å². The molecule has 1 unspecified atom stereocenters. The van der Waals surface area contributed by atoms with E-state index in [9.17, 15) is 14.4 Å². The van der Waals surface area contributed by atoms with E-state index in [4.69, 9.17) is 10.8 Å². The van der Waals surface area contributed by atoms with E-state index in [-0.39, 0.29) is 12.8 Å². The molecule has 7 nitrogen and oxygen atoms in total. The molecule has 18 heavy (non-hydrogen) atoms. The standard InChI is InChI=1S/C11H20N2O5/c1-4-11(2,12)10(17)13-7(9(15)16)5-6-8(14)18-3/h7H,4-6,12H2,1-3H3,(H,13,17)(H,15,16)/t7-,11?/m0/s1. The molecule has 0 bridgehead atoms. The number of rotatable bonds is 7. The highest BCUT2D eigenvalue weighted by Gasteiger charge is 2.30. The summed E-state index contributed by atoms with van der Waals surface area (Å²) in [5, 5.41) is 11.3. The summed E-state index contributed by atoms with van der Waals surface area (Å²) in [6.45, 7) is 3.24. The number of aliphatic carboxylic acids is 1. The Bertz CT molecular complexity index is 327. The van der Waals surface area contributed by atoms with Gasteiger partial charge in [0.25, 0.3) is 0 Å². The van der Waals surface area contributed by atoms with E-state index in [1.165, 1.54) is 14.0 Å². The minimum atomic E-state index is -1.21. The molecular weight excluding hydrogens is 240 g/mol. The average molecular weight is 260 g/mol. The molecule has 0 aromatic heterocycles. The SMILES string of the molecule is CCC(C)(N)C(=O)N[C@@H](CCC(=O)OC)C(=O)O. The average Bonchev–Trinajstić information content (AvgIpc) is 2.32. The minimum Gasteiger partial charge on any atom is -0.480 e. The Labute approximate surface area is 106 Å². The molecule has 0 heterocycles. The Kier molecular flexibility index (Phi) is 6.32. The van der Waals surface area contributed by atoms with Crippen molar-refractivity contribution < 1.29 is 24.2 Å². The van der Waals surface area contributed by atoms with Crippen LogP contribution in [0.2, 0.25) is 0 Å². The molecule has 0 aliphatic rings. The van der Waals surface area contributed by atoms with Gasteiger partial charge in [-0.2, -0.15) is 0 Å². The van der Waals surface area contributed by atoms with Crippen molar-refractivity contribution in [1.29, 1.82) is 0 Å². The van der Waals surface area contributed by atoms with Crippen LogP contribution in [0, 0.1) is 0 Å². The maximum Gasteiger partial charge on any atom is 0.326 e. The van der Waals surface area contributed by atoms with E-state index in [1.807, 2.05) is 0 Å². The van der Waals surface area contributed by atoms with Gasteiger partial charge in [-0.3, -0.25) is 9.59 Å². The number of carboxylic acid groups (broad SMARTS) is 1. The van der Waals surface area contributed by atoms with Gasteiger partial charge in [0, 0.05) is 6.42 Å². The molecule has 0 fully saturated rings. The molecule has 0 aliphatic carbocycles. The molecule has 4 N–H and O–H groups in total. The van der Waals surface area contributed by atoms with Crippen LogP contribution in [0.15, 0.2) is 0 Å². The summed E-state index contributed by atoms with van der Waals surface area (Å²) in [4.78, 5) is 33.6. The number of carbonyl (C=O) groups excluding carboxylic acids is 2. The molecule has 1 amide bonds. The van der Waals surface area contributed by atoms with Gasteiger partial charge in [0.05, 0.1) is 12.6 Å². The number of nitrogens with two attached hydrogens (primary N) is 1. The predicted octanol–water partition coefficient (Wildman–Crippen LogP) is -0.364. The zero-order valence-corrected chi connectivity index (χ0v) is 10.9. The van der Waals surface area contributed by atoms with Crippen LogP contribution >= 0.6 is 0 Å². The van der Waals surface area contributed by atoms with Crippen molar-refractivity contribution in [2.24, 2.45) is 5.73 Å². The summed E-state index contributed by atoms with van der Waals surface area (Å²) < 4.78 is 4.40.